The maximum atomic E-state index is 13.5. The fourth-order valence-corrected chi connectivity index (χ4v) is 3.47. The van der Waals surface area contributed by atoms with Crippen LogP contribution in [0.3, 0.4) is 0 Å². The van der Waals surface area contributed by atoms with Crippen molar-refractivity contribution < 1.29 is 9.53 Å². The molecule has 0 N–H and O–H groups in total. The first-order chi connectivity index (χ1) is 14.1. The van der Waals surface area contributed by atoms with E-state index in [1.165, 1.54) is 5.56 Å². The Hall–Kier alpha value is -2.87. The van der Waals surface area contributed by atoms with E-state index in [1.54, 1.807) is 0 Å². The first-order valence-corrected chi connectivity index (χ1v) is 10.6. The van der Waals surface area contributed by atoms with Gasteiger partial charge in [0.2, 0.25) is 0 Å². The lowest BCUT2D eigenvalue weighted by molar-refractivity contribution is 0.103. The summed E-state index contributed by atoms with van der Waals surface area (Å²) in [5.41, 5.74) is 3.65. The van der Waals surface area contributed by atoms with Gasteiger partial charge in [-0.15, -0.1) is 0 Å². The van der Waals surface area contributed by atoms with E-state index in [2.05, 4.69) is 59.7 Å². The van der Waals surface area contributed by atoms with Crippen LogP contribution in [0.15, 0.2) is 72.8 Å². The topological polar surface area (TPSA) is 26.3 Å². The van der Waals surface area contributed by atoms with E-state index >= 15 is 0 Å². The van der Waals surface area contributed by atoms with Crippen molar-refractivity contribution in [2.75, 3.05) is 0 Å². The van der Waals surface area contributed by atoms with E-state index in [4.69, 9.17) is 4.74 Å². The number of para-hydroxylation sites is 1. The molecule has 0 unspecified atom stereocenters. The van der Waals surface area contributed by atoms with Crippen molar-refractivity contribution >= 4 is 5.78 Å². The van der Waals surface area contributed by atoms with Crippen LogP contribution in [-0.2, 0) is 10.8 Å². The fraction of sp³-hybridized carbons (Fsp3) is 0.321. The zero-order chi connectivity index (χ0) is 21.9. The number of carbonyl (C=O) groups is 1. The van der Waals surface area contributed by atoms with Gasteiger partial charge in [0.25, 0.3) is 0 Å². The van der Waals surface area contributed by atoms with E-state index in [0.29, 0.717) is 5.56 Å². The molecule has 30 heavy (non-hydrogen) atoms. The Morgan fingerprint density at radius 3 is 1.97 bits per heavy atom. The van der Waals surface area contributed by atoms with Gasteiger partial charge >= 0.3 is 0 Å². The number of carbonyl (C=O) groups excluding carboxylic acids is 1. The smallest absolute Gasteiger partial charge is 0.193 e. The predicted molar refractivity (Wildman–Crippen MR) is 125 cm³/mol. The van der Waals surface area contributed by atoms with Gasteiger partial charge in [-0.05, 0) is 70.8 Å². The van der Waals surface area contributed by atoms with Gasteiger partial charge in [0, 0.05) is 11.1 Å². The first-order valence-electron chi connectivity index (χ1n) is 10.6. The highest BCUT2D eigenvalue weighted by molar-refractivity contribution is 6.10. The quantitative estimate of drug-likeness (QED) is 0.396. The van der Waals surface area contributed by atoms with Gasteiger partial charge in [0.15, 0.2) is 5.78 Å². The fourth-order valence-electron chi connectivity index (χ4n) is 3.47. The number of benzene rings is 3. The zero-order valence-electron chi connectivity index (χ0n) is 19.0. The lowest BCUT2D eigenvalue weighted by atomic mass is 9.76. The molecule has 156 valence electrons. The summed E-state index contributed by atoms with van der Waals surface area (Å²) in [6, 6.07) is 23.5. The molecule has 0 amide bonds. The van der Waals surface area contributed by atoms with E-state index in [0.717, 1.165) is 29.0 Å². The van der Waals surface area contributed by atoms with Crippen molar-refractivity contribution in [3.05, 3.63) is 95.1 Å². The van der Waals surface area contributed by atoms with Crippen molar-refractivity contribution in [3.63, 3.8) is 0 Å². The summed E-state index contributed by atoms with van der Waals surface area (Å²) in [6.45, 7) is 13.1. The van der Waals surface area contributed by atoms with Crippen LogP contribution in [0.4, 0.5) is 0 Å². The summed E-state index contributed by atoms with van der Waals surface area (Å²) in [7, 11) is 0. The lowest BCUT2D eigenvalue weighted by Crippen LogP contribution is -2.21. The van der Waals surface area contributed by atoms with E-state index in [9.17, 15) is 4.79 Å². The molecule has 0 aliphatic carbocycles. The SMILES string of the molecule is CCC(C)(C)c1ccc(C(C)(C)C)c(C(=O)c2ccc(Oc3ccccc3)cc2)c1. The molecule has 3 rings (SSSR count). The molecule has 0 aliphatic rings. The molecule has 0 aromatic heterocycles. The van der Waals surface area contributed by atoms with Crippen LogP contribution in [0.25, 0.3) is 0 Å². The van der Waals surface area contributed by atoms with Crippen molar-refractivity contribution in [1.82, 2.24) is 0 Å². The average molecular weight is 401 g/mol. The minimum Gasteiger partial charge on any atom is -0.457 e. The summed E-state index contributed by atoms with van der Waals surface area (Å²) < 4.78 is 5.86. The highest BCUT2D eigenvalue weighted by Gasteiger charge is 2.26. The van der Waals surface area contributed by atoms with Crippen LogP contribution in [0.1, 0.15) is 75.0 Å². The molecule has 0 saturated carbocycles. The van der Waals surface area contributed by atoms with E-state index < -0.39 is 0 Å². The number of rotatable bonds is 6. The first kappa shape index (κ1) is 21.8. The van der Waals surface area contributed by atoms with Gasteiger partial charge < -0.3 is 4.74 Å². The van der Waals surface area contributed by atoms with Crippen molar-refractivity contribution in [2.24, 2.45) is 0 Å². The highest BCUT2D eigenvalue weighted by atomic mass is 16.5. The Kier molecular flexibility index (Phi) is 6.17. The number of hydrogen-bond donors (Lipinski definition) is 0. The van der Waals surface area contributed by atoms with Gasteiger partial charge in [-0.25, -0.2) is 0 Å². The second-order valence-corrected chi connectivity index (χ2v) is 9.52. The number of hydrogen-bond acceptors (Lipinski definition) is 2. The largest absolute Gasteiger partial charge is 0.457 e. The maximum absolute atomic E-state index is 13.5. The molecular formula is C28H32O2. The number of ether oxygens (including phenoxy) is 1. The molecule has 2 heteroatoms. The third-order valence-electron chi connectivity index (χ3n) is 5.83. The van der Waals surface area contributed by atoms with Gasteiger partial charge in [0.1, 0.15) is 11.5 Å². The second kappa shape index (κ2) is 8.47. The Morgan fingerprint density at radius 2 is 1.40 bits per heavy atom. The average Bonchev–Trinajstić information content (AvgIpc) is 2.73. The maximum Gasteiger partial charge on any atom is 0.193 e. The second-order valence-electron chi connectivity index (χ2n) is 9.52. The van der Waals surface area contributed by atoms with E-state index in [1.807, 2.05) is 54.6 Å². The molecule has 0 spiro atoms. The molecule has 0 atom stereocenters. The summed E-state index contributed by atoms with van der Waals surface area (Å²) in [4.78, 5) is 13.5. The minimum atomic E-state index is -0.115. The molecule has 3 aromatic carbocycles. The molecule has 0 fully saturated rings. The van der Waals surface area contributed by atoms with Gasteiger partial charge in [-0.1, -0.05) is 71.9 Å². The third kappa shape index (κ3) is 4.81. The zero-order valence-corrected chi connectivity index (χ0v) is 19.0. The van der Waals surface area contributed by atoms with Gasteiger partial charge in [-0.2, -0.15) is 0 Å². The van der Waals surface area contributed by atoms with Gasteiger partial charge in [0.05, 0.1) is 0 Å². The van der Waals surface area contributed by atoms with Crippen molar-refractivity contribution in [2.45, 2.75) is 58.8 Å². The molecule has 0 heterocycles. The summed E-state index contributed by atoms with van der Waals surface area (Å²) in [6.07, 6.45) is 1.01. The van der Waals surface area contributed by atoms with Crippen LogP contribution >= 0.6 is 0 Å². The minimum absolute atomic E-state index is 0.0266. The van der Waals surface area contributed by atoms with Gasteiger partial charge in [-0.3, -0.25) is 4.79 Å². The Balaban J connectivity index is 1.95. The molecule has 0 saturated heterocycles. The lowest BCUT2D eigenvalue weighted by Gasteiger charge is -2.28. The van der Waals surface area contributed by atoms with Crippen molar-refractivity contribution in [1.29, 1.82) is 0 Å². The molecular weight excluding hydrogens is 368 g/mol. The van der Waals surface area contributed by atoms with E-state index in [-0.39, 0.29) is 16.6 Å². The molecule has 0 bridgehead atoms. The van der Waals surface area contributed by atoms with Crippen LogP contribution in [0.2, 0.25) is 0 Å². The van der Waals surface area contributed by atoms with Crippen LogP contribution in [0, 0.1) is 0 Å². The standard InChI is InChI=1S/C28H32O2/c1-7-28(5,6)21-15-18-25(27(2,3)4)24(19-21)26(29)20-13-16-23(17-14-20)30-22-11-9-8-10-12-22/h8-19H,7H2,1-6H3. The Labute approximate surface area is 180 Å². The van der Waals surface area contributed by atoms with Crippen LogP contribution < -0.4 is 4.74 Å². The van der Waals surface area contributed by atoms with Crippen LogP contribution in [0.5, 0.6) is 11.5 Å². The molecule has 0 radical (unpaired) electrons. The Bertz CT molecular complexity index is 1010. The van der Waals surface area contributed by atoms with Crippen molar-refractivity contribution in [3.8, 4) is 11.5 Å². The normalized spacial score (nSPS) is 11.9. The molecule has 3 aromatic rings. The van der Waals surface area contributed by atoms with Crippen LogP contribution in [-0.4, -0.2) is 5.78 Å². The highest BCUT2D eigenvalue weighted by Crippen LogP contribution is 2.34. The Morgan fingerprint density at radius 1 is 0.800 bits per heavy atom. The molecule has 2 nitrogen and oxygen atoms in total. The summed E-state index contributed by atoms with van der Waals surface area (Å²) in [5, 5.41) is 0. The summed E-state index contributed by atoms with van der Waals surface area (Å²) >= 11 is 0. The summed E-state index contributed by atoms with van der Waals surface area (Å²) in [5.74, 6) is 1.55. The predicted octanol–water partition coefficient (Wildman–Crippen LogP) is 7.70. The third-order valence-corrected chi connectivity index (χ3v) is 5.83. The molecule has 0 aliphatic heterocycles. The number of ketones is 1. The monoisotopic (exact) mass is 400 g/mol.